The molecule has 4 saturated carbocycles. The molecule has 15 nitrogen and oxygen atoms in total. The normalized spacial score (nSPS) is 51.5. The van der Waals surface area contributed by atoms with E-state index >= 15 is 0 Å². The van der Waals surface area contributed by atoms with E-state index in [1.807, 2.05) is 0 Å². The number of aliphatic carboxylic acids is 2. The first kappa shape index (κ1) is 42.9. The summed E-state index contributed by atoms with van der Waals surface area (Å²) in [7, 11) is 0. The molecule has 0 aromatic heterocycles. The zero-order chi connectivity index (χ0) is 42.0. The summed E-state index contributed by atoms with van der Waals surface area (Å²) in [5.74, 6) is -3.33. The molecule has 0 aromatic rings. The third kappa shape index (κ3) is 6.35. The van der Waals surface area contributed by atoms with Crippen LogP contribution in [0.5, 0.6) is 0 Å². The molecular weight excluding hydrogens is 744 g/mol. The Morgan fingerprint density at radius 3 is 1.82 bits per heavy atom. The van der Waals surface area contributed by atoms with Gasteiger partial charge in [0.25, 0.3) is 0 Å². The Balaban J connectivity index is 1.16. The van der Waals surface area contributed by atoms with Crippen molar-refractivity contribution in [2.45, 2.75) is 180 Å². The largest absolute Gasteiger partial charge is 0.479 e. The monoisotopic (exact) mass is 808 g/mol. The molecule has 2 aliphatic heterocycles. The lowest BCUT2D eigenvalue weighted by atomic mass is 9.33. The van der Waals surface area contributed by atoms with E-state index in [1.54, 1.807) is 0 Å². The molecule has 0 spiro atoms. The minimum Gasteiger partial charge on any atom is -0.479 e. The van der Waals surface area contributed by atoms with Gasteiger partial charge in [-0.2, -0.15) is 0 Å². The van der Waals surface area contributed by atoms with Crippen LogP contribution in [0.15, 0.2) is 11.6 Å². The van der Waals surface area contributed by atoms with Crippen molar-refractivity contribution in [3.05, 3.63) is 11.6 Å². The molecule has 0 aromatic carbocycles. The number of carboxylic acid groups (broad SMARTS) is 2. The summed E-state index contributed by atoms with van der Waals surface area (Å²) in [5.41, 5.74) is -0.790. The highest BCUT2D eigenvalue weighted by molar-refractivity contribution is 5.79. The Morgan fingerprint density at radius 2 is 1.23 bits per heavy atom. The number of carbonyl (C=O) groups is 3. The number of hydrogen-bond donors (Lipinski definition) is 8. The topological polar surface area (TPSA) is 250 Å². The van der Waals surface area contributed by atoms with Gasteiger partial charge in [-0.15, -0.1) is 0 Å². The SMILES string of the molecule is CC1(C)CC[C@]2(C(=O)O[C@@H]3O[C@H](C(=O)O)[C@@H](O)[C@H](O)[C@H]3O)CC[C@]3(C)C(=CC[C@@H]4[C@@]5(C)CC[C@H](O[C@@H]6O[C@H](C(=O)O)[C@@H](O)[C@H](O)[C@H]6O)C(C)(C)[C@@H]5CC[C@]43C)[C@@H]2C1. The maximum Gasteiger partial charge on any atom is 0.335 e. The van der Waals surface area contributed by atoms with Crippen molar-refractivity contribution in [2.75, 3.05) is 0 Å². The number of fused-ring (bicyclic) bond motifs is 7. The maximum absolute atomic E-state index is 14.6. The van der Waals surface area contributed by atoms with Crippen LogP contribution in [0.25, 0.3) is 0 Å². The van der Waals surface area contributed by atoms with Gasteiger partial charge in [-0.3, -0.25) is 4.79 Å². The van der Waals surface area contributed by atoms with Gasteiger partial charge in [0.2, 0.25) is 6.29 Å². The Kier molecular flexibility index (Phi) is 10.7. The van der Waals surface area contributed by atoms with Crippen LogP contribution in [0, 0.1) is 50.2 Å². The number of rotatable bonds is 6. The molecule has 2 heterocycles. The van der Waals surface area contributed by atoms with Gasteiger partial charge in [-0.05, 0) is 109 Å². The van der Waals surface area contributed by atoms with Crippen molar-refractivity contribution in [3.8, 4) is 0 Å². The van der Waals surface area contributed by atoms with E-state index in [1.165, 1.54) is 5.57 Å². The Hall–Kier alpha value is -2.21. The second-order valence-corrected chi connectivity index (χ2v) is 20.7. The standard InChI is InChI=1S/C42H64O15/c1-37(2)14-16-42(36(53)57-35-29(48)25(44)27(46)31(56-35)33(51)52)17-15-40(6)19(20(42)18-37)8-9-22-39(5)12-11-23(38(3,4)21(39)10-13-41(22,40)7)54-34-28(47)24(43)26(45)30(55-34)32(49)50/h8,20-31,34-35,43-48H,9-18H2,1-7H3,(H,49,50)(H,51,52)/t20-,21-,22+,23-,24-,25-,26-,27-,28+,29+,30-,31-,34+,35-,39-,40+,41+,42-/m0/s1. The van der Waals surface area contributed by atoms with E-state index in [-0.39, 0.29) is 39.4 Å². The highest BCUT2D eigenvalue weighted by atomic mass is 16.7. The highest BCUT2D eigenvalue weighted by Crippen LogP contribution is 2.76. The predicted octanol–water partition coefficient (Wildman–Crippen LogP) is 2.50. The smallest absolute Gasteiger partial charge is 0.335 e. The quantitative estimate of drug-likeness (QED) is 0.109. The molecule has 0 amide bonds. The fraction of sp³-hybridized carbons (Fsp3) is 0.881. The first-order valence-electron chi connectivity index (χ1n) is 20.8. The molecule has 322 valence electrons. The van der Waals surface area contributed by atoms with Crippen molar-refractivity contribution in [2.24, 2.45) is 50.2 Å². The van der Waals surface area contributed by atoms with E-state index in [0.717, 1.165) is 38.5 Å². The lowest BCUT2D eigenvalue weighted by Crippen LogP contribution is -2.66. The second kappa shape index (κ2) is 14.2. The van der Waals surface area contributed by atoms with Crippen molar-refractivity contribution >= 4 is 17.9 Å². The number of esters is 1. The van der Waals surface area contributed by atoms with Crippen LogP contribution in [-0.4, -0.2) is 126 Å². The van der Waals surface area contributed by atoms with Gasteiger partial charge >= 0.3 is 17.9 Å². The van der Waals surface area contributed by atoms with Crippen LogP contribution < -0.4 is 0 Å². The fourth-order valence-corrected chi connectivity index (χ4v) is 13.5. The molecule has 57 heavy (non-hydrogen) atoms. The molecule has 0 unspecified atom stereocenters. The minimum absolute atomic E-state index is 0.0822. The van der Waals surface area contributed by atoms with Crippen LogP contribution in [0.3, 0.4) is 0 Å². The van der Waals surface area contributed by atoms with Crippen molar-refractivity contribution < 1.29 is 74.2 Å². The summed E-state index contributed by atoms with van der Waals surface area (Å²) in [6.07, 6.45) is -8.42. The molecule has 5 aliphatic carbocycles. The highest BCUT2D eigenvalue weighted by Gasteiger charge is 2.70. The van der Waals surface area contributed by atoms with Gasteiger partial charge in [0.05, 0.1) is 11.5 Å². The van der Waals surface area contributed by atoms with Crippen molar-refractivity contribution in [1.29, 1.82) is 0 Å². The number of aliphatic hydroxyl groups excluding tert-OH is 6. The van der Waals surface area contributed by atoms with Gasteiger partial charge in [-0.25, -0.2) is 9.59 Å². The van der Waals surface area contributed by atoms with E-state index in [2.05, 4.69) is 54.5 Å². The first-order valence-corrected chi connectivity index (χ1v) is 20.8. The van der Waals surface area contributed by atoms with Crippen LogP contribution in [0.1, 0.15) is 113 Å². The summed E-state index contributed by atoms with van der Waals surface area (Å²) in [6.45, 7) is 15.9. The first-order chi connectivity index (χ1) is 26.4. The zero-order valence-electron chi connectivity index (χ0n) is 34.2. The third-order valence-corrected chi connectivity index (χ3v) is 17.1. The van der Waals surface area contributed by atoms with Crippen molar-refractivity contribution in [1.82, 2.24) is 0 Å². The second-order valence-electron chi connectivity index (χ2n) is 20.7. The summed E-state index contributed by atoms with van der Waals surface area (Å²) < 4.78 is 23.2. The molecule has 18 atom stereocenters. The molecule has 6 fully saturated rings. The average molecular weight is 809 g/mol. The molecule has 0 bridgehead atoms. The predicted molar refractivity (Wildman–Crippen MR) is 199 cm³/mol. The third-order valence-electron chi connectivity index (χ3n) is 17.1. The summed E-state index contributed by atoms with van der Waals surface area (Å²) in [6, 6.07) is 0. The van der Waals surface area contributed by atoms with Crippen LogP contribution in [0.2, 0.25) is 0 Å². The maximum atomic E-state index is 14.6. The lowest BCUT2D eigenvalue weighted by molar-refractivity contribution is -0.324. The van der Waals surface area contributed by atoms with Gasteiger partial charge < -0.3 is 59.8 Å². The number of carbonyl (C=O) groups excluding carboxylic acids is 1. The van der Waals surface area contributed by atoms with E-state index in [4.69, 9.17) is 18.9 Å². The number of aliphatic hydroxyl groups is 6. The van der Waals surface area contributed by atoms with E-state index < -0.39 is 96.3 Å². The number of ether oxygens (including phenoxy) is 4. The van der Waals surface area contributed by atoms with Gasteiger partial charge in [0, 0.05) is 0 Å². The zero-order valence-corrected chi connectivity index (χ0v) is 34.2. The van der Waals surface area contributed by atoms with E-state index in [0.29, 0.717) is 25.7 Å². The Bertz CT molecular complexity index is 1650. The average Bonchev–Trinajstić information content (AvgIpc) is 3.12. The molecule has 7 rings (SSSR count). The molecule has 2 saturated heterocycles. The molecule has 15 heteroatoms. The fourth-order valence-electron chi connectivity index (χ4n) is 13.5. The summed E-state index contributed by atoms with van der Waals surface area (Å²) in [4.78, 5) is 38.2. The molecular formula is C42H64O15. The van der Waals surface area contributed by atoms with Crippen molar-refractivity contribution in [3.63, 3.8) is 0 Å². The molecule has 7 aliphatic rings. The Morgan fingerprint density at radius 1 is 0.667 bits per heavy atom. The lowest BCUT2D eigenvalue weighted by Gasteiger charge is -2.71. The minimum atomic E-state index is -1.90. The Labute approximate surface area is 333 Å². The van der Waals surface area contributed by atoms with Crippen LogP contribution in [-0.2, 0) is 33.3 Å². The van der Waals surface area contributed by atoms with Crippen LogP contribution in [0.4, 0.5) is 0 Å². The van der Waals surface area contributed by atoms with Gasteiger partial charge in [0.1, 0.15) is 36.6 Å². The van der Waals surface area contributed by atoms with Gasteiger partial charge in [-0.1, -0.05) is 60.1 Å². The van der Waals surface area contributed by atoms with E-state index in [9.17, 15) is 55.2 Å². The summed E-state index contributed by atoms with van der Waals surface area (Å²) in [5, 5.41) is 82.1. The van der Waals surface area contributed by atoms with Crippen LogP contribution >= 0.6 is 0 Å². The molecule has 8 N–H and O–H groups in total. The summed E-state index contributed by atoms with van der Waals surface area (Å²) >= 11 is 0. The number of allylic oxidation sites excluding steroid dienone is 2. The number of hydrogen-bond acceptors (Lipinski definition) is 13. The molecule has 0 radical (unpaired) electrons. The number of carboxylic acids is 2. The van der Waals surface area contributed by atoms with Gasteiger partial charge in [0.15, 0.2) is 18.5 Å².